The maximum Gasteiger partial charge on any atom is 0.340 e. The topological polar surface area (TPSA) is 104 Å². The number of esters is 1. The zero-order chi connectivity index (χ0) is 10.0. The molecule has 0 amide bonds. The van der Waals surface area contributed by atoms with Gasteiger partial charge in [0.2, 0.25) is 0 Å². The number of hydrogen-bond acceptors (Lipinski definition) is 5. The molecule has 1 rings (SSSR count). The quantitative estimate of drug-likeness (QED) is 0.424. The van der Waals surface area contributed by atoms with Gasteiger partial charge in [-0.1, -0.05) is 0 Å². The molecule has 0 atom stereocenters. The molecule has 0 saturated heterocycles. The van der Waals surface area contributed by atoms with Crippen molar-refractivity contribution in [3.05, 3.63) is 17.7 Å². The van der Waals surface area contributed by atoms with Crippen LogP contribution in [-0.2, 0) is 4.74 Å². The zero-order valence-electron chi connectivity index (χ0n) is 7.20. The van der Waals surface area contributed by atoms with E-state index in [4.69, 9.17) is 17.2 Å². The number of hydrogen-bond donors (Lipinski definition) is 3. The zero-order valence-corrected chi connectivity index (χ0v) is 7.20. The first-order valence-electron chi connectivity index (χ1n) is 3.59. The van der Waals surface area contributed by atoms with Crippen LogP contribution in [0.1, 0.15) is 10.4 Å². The van der Waals surface area contributed by atoms with Crippen LogP contribution in [0.2, 0.25) is 0 Å². The highest BCUT2D eigenvalue weighted by molar-refractivity contribution is 6.00. The van der Waals surface area contributed by atoms with Gasteiger partial charge in [-0.25, -0.2) is 4.79 Å². The molecule has 1 aromatic carbocycles. The second-order valence-corrected chi connectivity index (χ2v) is 2.52. The number of carbonyl (C=O) groups excluding carboxylic acids is 1. The molecule has 0 bridgehead atoms. The molecule has 6 N–H and O–H groups in total. The summed E-state index contributed by atoms with van der Waals surface area (Å²) in [6, 6.07) is 2.99. The van der Waals surface area contributed by atoms with E-state index in [-0.39, 0.29) is 16.9 Å². The van der Waals surface area contributed by atoms with Gasteiger partial charge in [0, 0.05) is 0 Å². The monoisotopic (exact) mass is 181 g/mol. The van der Waals surface area contributed by atoms with Gasteiger partial charge in [0.25, 0.3) is 0 Å². The number of benzene rings is 1. The van der Waals surface area contributed by atoms with Crippen LogP contribution >= 0.6 is 0 Å². The molecule has 0 radical (unpaired) electrons. The fraction of sp³-hybridized carbons (Fsp3) is 0.125. The number of nitrogen functional groups attached to an aromatic ring is 3. The lowest BCUT2D eigenvalue weighted by molar-refractivity contribution is 0.0602. The van der Waals surface area contributed by atoms with Crippen molar-refractivity contribution in [2.75, 3.05) is 24.3 Å². The molecule has 0 heterocycles. The number of nitrogens with two attached hydrogens (primary N) is 3. The molecule has 0 spiro atoms. The summed E-state index contributed by atoms with van der Waals surface area (Å²) in [5.41, 5.74) is 17.5. The van der Waals surface area contributed by atoms with Crippen LogP contribution in [0.3, 0.4) is 0 Å². The molecule has 5 heteroatoms. The summed E-state index contributed by atoms with van der Waals surface area (Å²) in [7, 11) is 1.27. The van der Waals surface area contributed by atoms with Gasteiger partial charge >= 0.3 is 5.97 Å². The summed E-state index contributed by atoms with van der Waals surface area (Å²) in [6.07, 6.45) is 0. The Bertz CT molecular complexity index is 349. The summed E-state index contributed by atoms with van der Waals surface area (Å²) in [6.45, 7) is 0. The third-order valence-corrected chi connectivity index (χ3v) is 1.73. The van der Waals surface area contributed by atoms with Gasteiger partial charge in [0.15, 0.2) is 0 Å². The number of methoxy groups -OCH3 is 1. The first-order valence-corrected chi connectivity index (χ1v) is 3.59. The normalized spacial score (nSPS) is 9.62. The summed E-state index contributed by atoms with van der Waals surface area (Å²) < 4.78 is 4.50. The molecule has 0 aliphatic rings. The molecule has 0 aromatic heterocycles. The van der Waals surface area contributed by atoms with Crippen molar-refractivity contribution in [1.82, 2.24) is 0 Å². The SMILES string of the molecule is COC(=O)c1ccc(N)c(N)c1N. The van der Waals surface area contributed by atoms with Gasteiger partial charge in [0.05, 0.1) is 29.7 Å². The molecule has 70 valence electrons. The molecule has 0 aliphatic heterocycles. The third kappa shape index (κ3) is 1.48. The Morgan fingerprint density at radius 1 is 1.23 bits per heavy atom. The van der Waals surface area contributed by atoms with Gasteiger partial charge in [-0.15, -0.1) is 0 Å². The Morgan fingerprint density at radius 2 is 1.85 bits per heavy atom. The Morgan fingerprint density at radius 3 is 2.38 bits per heavy atom. The Balaban J connectivity index is 3.26. The summed E-state index contributed by atoms with van der Waals surface area (Å²) in [5, 5.41) is 0. The molecule has 0 unspecified atom stereocenters. The number of rotatable bonds is 1. The standard InChI is InChI=1S/C8H11N3O2/c1-13-8(12)4-2-3-5(9)7(11)6(4)10/h2-3H,9-11H2,1H3. The van der Waals surface area contributed by atoms with Crippen LogP contribution < -0.4 is 17.2 Å². The van der Waals surface area contributed by atoms with E-state index < -0.39 is 5.97 Å². The van der Waals surface area contributed by atoms with Gasteiger partial charge in [-0.3, -0.25) is 0 Å². The predicted octanol–water partition coefficient (Wildman–Crippen LogP) is 0.220. The minimum atomic E-state index is -0.524. The van der Waals surface area contributed by atoms with E-state index in [1.54, 1.807) is 0 Å². The van der Waals surface area contributed by atoms with Crippen molar-refractivity contribution in [2.45, 2.75) is 0 Å². The minimum absolute atomic E-state index is 0.159. The lowest BCUT2D eigenvalue weighted by Gasteiger charge is -2.07. The third-order valence-electron chi connectivity index (χ3n) is 1.73. The number of anilines is 3. The van der Waals surface area contributed by atoms with Gasteiger partial charge in [0.1, 0.15) is 0 Å². The largest absolute Gasteiger partial charge is 0.465 e. The van der Waals surface area contributed by atoms with E-state index in [9.17, 15) is 4.79 Å². The van der Waals surface area contributed by atoms with E-state index in [1.165, 1.54) is 19.2 Å². The smallest absolute Gasteiger partial charge is 0.340 e. The molecular weight excluding hydrogens is 170 g/mol. The van der Waals surface area contributed by atoms with Crippen molar-refractivity contribution in [2.24, 2.45) is 0 Å². The second-order valence-electron chi connectivity index (χ2n) is 2.52. The van der Waals surface area contributed by atoms with Gasteiger partial charge < -0.3 is 21.9 Å². The Kier molecular flexibility index (Phi) is 2.27. The molecule has 0 aliphatic carbocycles. The Hall–Kier alpha value is -1.91. The lowest BCUT2D eigenvalue weighted by Crippen LogP contribution is -2.09. The fourth-order valence-electron chi connectivity index (χ4n) is 0.941. The molecule has 0 fully saturated rings. The van der Waals surface area contributed by atoms with Crippen molar-refractivity contribution >= 4 is 23.0 Å². The van der Waals surface area contributed by atoms with Crippen LogP contribution in [0.15, 0.2) is 12.1 Å². The van der Waals surface area contributed by atoms with E-state index >= 15 is 0 Å². The highest BCUT2D eigenvalue weighted by Gasteiger charge is 2.12. The van der Waals surface area contributed by atoms with E-state index in [1.807, 2.05) is 0 Å². The van der Waals surface area contributed by atoms with Crippen LogP contribution in [-0.4, -0.2) is 13.1 Å². The summed E-state index contributed by atoms with van der Waals surface area (Å²) in [4.78, 5) is 11.1. The highest BCUT2D eigenvalue weighted by Crippen LogP contribution is 2.26. The fourth-order valence-corrected chi connectivity index (χ4v) is 0.941. The van der Waals surface area contributed by atoms with E-state index in [0.717, 1.165) is 0 Å². The Labute approximate surface area is 75.5 Å². The second kappa shape index (κ2) is 3.22. The number of carbonyl (C=O) groups is 1. The average Bonchev–Trinajstić information content (AvgIpc) is 2.13. The van der Waals surface area contributed by atoms with Crippen LogP contribution in [0.25, 0.3) is 0 Å². The van der Waals surface area contributed by atoms with Crippen molar-refractivity contribution in [3.8, 4) is 0 Å². The van der Waals surface area contributed by atoms with Crippen LogP contribution in [0, 0.1) is 0 Å². The molecule has 13 heavy (non-hydrogen) atoms. The van der Waals surface area contributed by atoms with Gasteiger partial charge in [-0.2, -0.15) is 0 Å². The summed E-state index contributed by atoms with van der Waals surface area (Å²) in [5.74, 6) is -0.524. The first kappa shape index (κ1) is 9.18. The maximum absolute atomic E-state index is 11.1. The van der Waals surface area contributed by atoms with Crippen LogP contribution in [0.4, 0.5) is 17.1 Å². The number of ether oxygens (including phenoxy) is 1. The molecular formula is C8H11N3O2. The van der Waals surface area contributed by atoms with Crippen LogP contribution in [0.5, 0.6) is 0 Å². The lowest BCUT2D eigenvalue weighted by atomic mass is 10.1. The van der Waals surface area contributed by atoms with Crippen molar-refractivity contribution in [1.29, 1.82) is 0 Å². The average molecular weight is 181 g/mol. The van der Waals surface area contributed by atoms with Crippen molar-refractivity contribution < 1.29 is 9.53 Å². The van der Waals surface area contributed by atoms with Crippen molar-refractivity contribution in [3.63, 3.8) is 0 Å². The van der Waals surface area contributed by atoms with E-state index in [2.05, 4.69) is 4.74 Å². The minimum Gasteiger partial charge on any atom is -0.465 e. The molecule has 5 nitrogen and oxygen atoms in total. The molecule has 0 saturated carbocycles. The molecule has 1 aromatic rings. The highest BCUT2D eigenvalue weighted by atomic mass is 16.5. The first-order chi connectivity index (χ1) is 6.07. The van der Waals surface area contributed by atoms with E-state index in [0.29, 0.717) is 5.69 Å². The maximum atomic E-state index is 11.1. The van der Waals surface area contributed by atoms with Gasteiger partial charge in [-0.05, 0) is 12.1 Å². The predicted molar refractivity (Wildman–Crippen MR) is 51.0 cm³/mol. The summed E-state index contributed by atoms with van der Waals surface area (Å²) >= 11 is 0.